The van der Waals surface area contributed by atoms with E-state index in [1.165, 1.54) is 28.6 Å². The molecule has 32 heavy (non-hydrogen) atoms. The molecule has 0 bridgehead atoms. The van der Waals surface area contributed by atoms with E-state index in [1.54, 1.807) is 0 Å². The smallest absolute Gasteiger partial charge is 0.414 e. The van der Waals surface area contributed by atoms with Gasteiger partial charge < -0.3 is 10.2 Å². The standard InChI is InChI=1S/C17H18ClN3O4S.C2H2O4/c18-17-4-2-1-3-14(17)13-19-9-11-20(12-10-19)26(24,25)16-7-5-15(6-8-16)21(22)23;3-1(4)2(5)6/h1-8H,9-13H2;(H,3,4)(H,5,6). The van der Waals surface area contributed by atoms with Crippen molar-refractivity contribution in [1.82, 2.24) is 9.21 Å². The average molecular weight is 486 g/mol. The van der Waals surface area contributed by atoms with Gasteiger partial charge in [0.25, 0.3) is 5.69 Å². The Morgan fingerprint density at radius 2 is 1.50 bits per heavy atom. The number of sulfonamides is 1. The van der Waals surface area contributed by atoms with Crippen molar-refractivity contribution in [2.45, 2.75) is 11.4 Å². The molecule has 0 amide bonds. The summed E-state index contributed by atoms with van der Waals surface area (Å²) < 4.78 is 26.8. The molecule has 1 aliphatic rings. The van der Waals surface area contributed by atoms with Crippen LogP contribution in [0.15, 0.2) is 53.4 Å². The van der Waals surface area contributed by atoms with E-state index in [4.69, 9.17) is 31.4 Å². The number of benzene rings is 2. The zero-order chi connectivity index (χ0) is 23.9. The number of nitrogens with zero attached hydrogens (tertiary/aromatic N) is 3. The van der Waals surface area contributed by atoms with Crippen molar-refractivity contribution in [3.63, 3.8) is 0 Å². The highest BCUT2D eigenvalue weighted by Gasteiger charge is 2.29. The topological polar surface area (TPSA) is 158 Å². The van der Waals surface area contributed by atoms with Crippen LogP contribution in [0.5, 0.6) is 0 Å². The number of carboxylic acids is 2. The quantitative estimate of drug-likeness (QED) is 0.366. The van der Waals surface area contributed by atoms with Crippen LogP contribution >= 0.6 is 11.6 Å². The molecule has 1 saturated heterocycles. The summed E-state index contributed by atoms with van der Waals surface area (Å²) in [5.41, 5.74) is 0.884. The Hall–Kier alpha value is -3.06. The van der Waals surface area contributed by atoms with Gasteiger partial charge in [-0.1, -0.05) is 29.8 Å². The molecule has 0 aromatic heterocycles. The number of hydrogen-bond acceptors (Lipinski definition) is 7. The number of nitro benzene ring substituents is 1. The highest BCUT2D eigenvalue weighted by molar-refractivity contribution is 7.89. The molecule has 11 nitrogen and oxygen atoms in total. The molecule has 0 atom stereocenters. The molecule has 0 radical (unpaired) electrons. The first-order valence-corrected chi connectivity index (χ1v) is 11.0. The fourth-order valence-corrected chi connectivity index (χ4v) is 4.50. The monoisotopic (exact) mass is 485 g/mol. The summed E-state index contributed by atoms with van der Waals surface area (Å²) in [6, 6.07) is 12.6. The van der Waals surface area contributed by atoms with Gasteiger partial charge in [0, 0.05) is 49.9 Å². The minimum Gasteiger partial charge on any atom is -0.473 e. The van der Waals surface area contributed by atoms with Crippen LogP contribution in [-0.4, -0.2) is 70.9 Å². The van der Waals surface area contributed by atoms with Crippen LogP contribution in [0.3, 0.4) is 0 Å². The zero-order valence-corrected chi connectivity index (χ0v) is 18.2. The summed E-state index contributed by atoms with van der Waals surface area (Å²) in [6.07, 6.45) is 0. The van der Waals surface area contributed by atoms with Crippen molar-refractivity contribution in [1.29, 1.82) is 0 Å². The number of piperazine rings is 1. The minimum absolute atomic E-state index is 0.0719. The van der Waals surface area contributed by atoms with Crippen molar-refractivity contribution in [2.75, 3.05) is 26.2 Å². The summed E-state index contributed by atoms with van der Waals surface area (Å²) in [6.45, 7) is 2.59. The van der Waals surface area contributed by atoms with Gasteiger partial charge in [-0.3, -0.25) is 15.0 Å². The number of carbonyl (C=O) groups is 2. The van der Waals surface area contributed by atoms with E-state index in [9.17, 15) is 18.5 Å². The van der Waals surface area contributed by atoms with Gasteiger partial charge >= 0.3 is 11.9 Å². The fourth-order valence-electron chi connectivity index (χ4n) is 2.88. The van der Waals surface area contributed by atoms with Gasteiger partial charge in [-0.15, -0.1) is 0 Å². The Kier molecular flexibility index (Phi) is 8.66. The first-order valence-electron chi connectivity index (χ1n) is 9.19. The number of nitro groups is 1. The summed E-state index contributed by atoms with van der Waals surface area (Å²) >= 11 is 6.18. The van der Waals surface area contributed by atoms with Crippen LogP contribution in [0.2, 0.25) is 5.02 Å². The van der Waals surface area contributed by atoms with Gasteiger partial charge in [0.05, 0.1) is 9.82 Å². The third kappa shape index (κ3) is 6.72. The summed E-state index contributed by atoms with van der Waals surface area (Å²) in [5.74, 6) is -3.65. The molecule has 172 valence electrons. The van der Waals surface area contributed by atoms with Crippen LogP contribution in [0.4, 0.5) is 5.69 Å². The molecular weight excluding hydrogens is 466 g/mol. The Balaban J connectivity index is 0.000000534. The van der Waals surface area contributed by atoms with Crippen LogP contribution < -0.4 is 0 Å². The molecule has 2 N–H and O–H groups in total. The van der Waals surface area contributed by atoms with E-state index >= 15 is 0 Å². The van der Waals surface area contributed by atoms with E-state index in [0.29, 0.717) is 37.7 Å². The predicted octanol–water partition coefficient (Wildman–Crippen LogP) is 1.91. The van der Waals surface area contributed by atoms with Crippen molar-refractivity contribution in [3.8, 4) is 0 Å². The second kappa shape index (κ2) is 11.0. The number of non-ortho nitro benzene ring substituents is 1. The molecule has 0 unspecified atom stereocenters. The number of halogens is 1. The molecule has 2 aromatic rings. The molecule has 1 heterocycles. The molecule has 0 spiro atoms. The lowest BCUT2D eigenvalue weighted by Crippen LogP contribution is -2.48. The molecule has 13 heteroatoms. The average Bonchev–Trinajstić information content (AvgIpc) is 2.76. The highest BCUT2D eigenvalue weighted by Crippen LogP contribution is 2.22. The molecule has 3 rings (SSSR count). The van der Waals surface area contributed by atoms with Crippen LogP contribution in [0, 0.1) is 10.1 Å². The lowest BCUT2D eigenvalue weighted by Gasteiger charge is -2.34. The molecule has 0 saturated carbocycles. The fraction of sp³-hybridized carbons (Fsp3) is 0.263. The van der Waals surface area contributed by atoms with Gasteiger partial charge in [-0.05, 0) is 23.8 Å². The second-order valence-corrected chi connectivity index (χ2v) is 8.98. The Labute approximate surface area is 188 Å². The van der Waals surface area contributed by atoms with Crippen molar-refractivity contribution in [3.05, 3.63) is 69.2 Å². The zero-order valence-electron chi connectivity index (χ0n) is 16.6. The Morgan fingerprint density at radius 1 is 0.969 bits per heavy atom. The first-order chi connectivity index (χ1) is 15.0. The van der Waals surface area contributed by atoms with Gasteiger partial charge in [-0.2, -0.15) is 4.31 Å². The van der Waals surface area contributed by atoms with Crippen LogP contribution in [0.25, 0.3) is 0 Å². The predicted molar refractivity (Wildman–Crippen MR) is 114 cm³/mol. The summed E-state index contributed by atoms with van der Waals surface area (Å²) in [5, 5.41) is 26.2. The van der Waals surface area contributed by atoms with Crippen molar-refractivity contribution in [2.24, 2.45) is 0 Å². The lowest BCUT2D eigenvalue weighted by molar-refractivity contribution is -0.384. The first kappa shape index (κ1) is 25.2. The number of carboxylic acid groups (broad SMARTS) is 2. The third-order valence-corrected chi connectivity index (χ3v) is 6.83. The number of rotatable bonds is 5. The maximum atomic E-state index is 12.7. The SMILES string of the molecule is O=C(O)C(=O)O.O=[N+]([O-])c1ccc(S(=O)(=O)N2CCN(Cc3ccccc3Cl)CC2)cc1. The normalized spacial score (nSPS) is 14.8. The van der Waals surface area contributed by atoms with Crippen molar-refractivity contribution < 1.29 is 33.1 Å². The second-order valence-electron chi connectivity index (χ2n) is 6.63. The molecular formula is C19H20ClN3O8S. The maximum absolute atomic E-state index is 12.7. The van der Waals surface area contributed by atoms with E-state index in [2.05, 4.69) is 4.90 Å². The van der Waals surface area contributed by atoms with Gasteiger partial charge in [0.15, 0.2) is 0 Å². The van der Waals surface area contributed by atoms with Gasteiger partial charge in [-0.25, -0.2) is 18.0 Å². The van der Waals surface area contributed by atoms with E-state index < -0.39 is 26.9 Å². The summed E-state index contributed by atoms with van der Waals surface area (Å²) in [7, 11) is -3.65. The highest BCUT2D eigenvalue weighted by atomic mass is 35.5. The minimum atomic E-state index is -3.65. The Bertz CT molecular complexity index is 1070. The molecule has 1 fully saturated rings. The van der Waals surface area contributed by atoms with Crippen molar-refractivity contribution >= 4 is 39.3 Å². The Morgan fingerprint density at radius 3 is 1.97 bits per heavy atom. The van der Waals surface area contributed by atoms with E-state index in [-0.39, 0.29) is 10.6 Å². The van der Waals surface area contributed by atoms with E-state index in [1.807, 2.05) is 24.3 Å². The maximum Gasteiger partial charge on any atom is 0.414 e. The van der Waals surface area contributed by atoms with Gasteiger partial charge in [0.1, 0.15) is 0 Å². The number of hydrogen-bond donors (Lipinski definition) is 2. The van der Waals surface area contributed by atoms with E-state index in [0.717, 1.165) is 5.56 Å². The van der Waals surface area contributed by atoms with Crippen LogP contribution in [-0.2, 0) is 26.2 Å². The van der Waals surface area contributed by atoms with Gasteiger partial charge in [0.2, 0.25) is 10.0 Å². The lowest BCUT2D eigenvalue weighted by atomic mass is 10.2. The number of aliphatic carboxylic acids is 2. The van der Waals surface area contributed by atoms with Crippen LogP contribution in [0.1, 0.15) is 5.56 Å². The largest absolute Gasteiger partial charge is 0.473 e. The molecule has 1 aliphatic heterocycles. The molecule has 2 aromatic carbocycles. The summed E-state index contributed by atoms with van der Waals surface area (Å²) in [4.78, 5) is 30.6. The molecule has 0 aliphatic carbocycles. The third-order valence-electron chi connectivity index (χ3n) is 4.55.